The Morgan fingerprint density at radius 3 is 2.94 bits per heavy atom. The molecule has 1 fully saturated rings. The number of carbonyl (C=O) groups excluding carboxylic acids is 1. The van der Waals surface area contributed by atoms with Crippen molar-refractivity contribution < 1.29 is 9.90 Å². The highest BCUT2D eigenvalue weighted by atomic mass is 79.9. The molecule has 1 aromatic carbocycles. The maximum Gasteiger partial charge on any atom is 0.255 e. The van der Waals surface area contributed by atoms with Crippen molar-refractivity contribution >= 4 is 21.8 Å². The smallest absolute Gasteiger partial charge is 0.255 e. The van der Waals surface area contributed by atoms with E-state index in [-0.39, 0.29) is 11.7 Å². The minimum atomic E-state index is -0.201. The summed E-state index contributed by atoms with van der Waals surface area (Å²) in [5.74, 6) is 1.08. The zero-order valence-corrected chi connectivity index (χ0v) is 12.0. The fourth-order valence-corrected chi connectivity index (χ4v) is 2.90. The Morgan fingerprint density at radius 1 is 1.50 bits per heavy atom. The molecule has 0 aromatic heterocycles. The molecule has 98 valence electrons. The lowest BCUT2D eigenvalue weighted by Gasteiger charge is -2.16. The third kappa shape index (κ3) is 3.05. The Balaban J connectivity index is 1.97. The summed E-state index contributed by atoms with van der Waals surface area (Å²) in [5.41, 5.74) is 0.329. The van der Waals surface area contributed by atoms with E-state index in [9.17, 15) is 9.90 Å². The molecule has 1 aromatic rings. The van der Waals surface area contributed by atoms with Crippen LogP contribution in [0.3, 0.4) is 0 Å². The number of carbonyl (C=O) groups is 1. The predicted octanol–water partition coefficient (Wildman–Crippen LogP) is 3.32. The van der Waals surface area contributed by atoms with E-state index in [1.807, 2.05) is 0 Å². The molecule has 2 rings (SSSR count). The van der Waals surface area contributed by atoms with E-state index in [1.165, 1.54) is 25.3 Å². The SMILES string of the molecule is CC1CCCC1CNC(=O)c1cc(Br)ccc1O. The van der Waals surface area contributed by atoms with Gasteiger partial charge in [0.15, 0.2) is 0 Å². The van der Waals surface area contributed by atoms with Crippen LogP contribution in [-0.4, -0.2) is 17.6 Å². The van der Waals surface area contributed by atoms with Crippen molar-refractivity contribution in [3.8, 4) is 5.75 Å². The molecule has 2 unspecified atom stereocenters. The second-order valence-corrected chi connectivity index (χ2v) is 5.96. The monoisotopic (exact) mass is 311 g/mol. The maximum absolute atomic E-state index is 12.0. The van der Waals surface area contributed by atoms with E-state index < -0.39 is 0 Å². The number of phenols is 1. The van der Waals surface area contributed by atoms with Gasteiger partial charge in [-0.25, -0.2) is 0 Å². The average molecular weight is 312 g/mol. The standard InChI is InChI=1S/C14H18BrNO2/c1-9-3-2-4-10(9)8-16-14(18)12-7-11(15)5-6-13(12)17/h5-7,9-10,17H,2-4,8H2,1H3,(H,16,18). The van der Waals surface area contributed by atoms with Crippen molar-refractivity contribution in [2.75, 3.05) is 6.54 Å². The van der Waals surface area contributed by atoms with Crippen LogP contribution in [0.5, 0.6) is 5.75 Å². The minimum absolute atomic E-state index is 0.0233. The van der Waals surface area contributed by atoms with E-state index in [0.29, 0.717) is 23.9 Å². The second kappa shape index (κ2) is 5.74. The van der Waals surface area contributed by atoms with Crippen LogP contribution in [0.1, 0.15) is 36.5 Å². The van der Waals surface area contributed by atoms with Gasteiger partial charge in [-0.05, 0) is 36.5 Å². The molecular formula is C14H18BrNO2. The van der Waals surface area contributed by atoms with Crippen molar-refractivity contribution in [1.29, 1.82) is 0 Å². The third-order valence-electron chi connectivity index (χ3n) is 3.77. The molecule has 0 saturated heterocycles. The van der Waals surface area contributed by atoms with Crippen molar-refractivity contribution in [1.82, 2.24) is 5.32 Å². The van der Waals surface area contributed by atoms with Gasteiger partial charge in [-0.15, -0.1) is 0 Å². The molecule has 2 N–H and O–H groups in total. The quantitative estimate of drug-likeness (QED) is 0.899. The highest BCUT2D eigenvalue weighted by Crippen LogP contribution is 2.30. The number of nitrogens with one attached hydrogen (secondary N) is 1. The Bertz CT molecular complexity index is 447. The van der Waals surface area contributed by atoms with E-state index >= 15 is 0 Å². The molecule has 0 aliphatic heterocycles. The first-order chi connectivity index (χ1) is 8.58. The highest BCUT2D eigenvalue weighted by molar-refractivity contribution is 9.10. The van der Waals surface area contributed by atoms with Crippen LogP contribution in [0, 0.1) is 11.8 Å². The first-order valence-electron chi connectivity index (χ1n) is 6.34. The van der Waals surface area contributed by atoms with Crippen LogP contribution in [0.2, 0.25) is 0 Å². The number of amides is 1. The topological polar surface area (TPSA) is 49.3 Å². The molecule has 1 aliphatic rings. The molecule has 18 heavy (non-hydrogen) atoms. The lowest BCUT2D eigenvalue weighted by atomic mass is 9.98. The minimum Gasteiger partial charge on any atom is -0.507 e. The van der Waals surface area contributed by atoms with Gasteiger partial charge in [0.1, 0.15) is 5.75 Å². The van der Waals surface area contributed by atoms with Gasteiger partial charge in [-0.3, -0.25) is 4.79 Å². The zero-order chi connectivity index (χ0) is 13.1. The van der Waals surface area contributed by atoms with Crippen molar-refractivity contribution in [3.63, 3.8) is 0 Å². The molecule has 1 amide bonds. The molecule has 1 aliphatic carbocycles. The fourth-order valence-electron chi connectivity index (χ4n) is 2.53. The molecule has 0 radical (unpaired) electrons. The van der Waals surface area contributed by atoms with Crippen LogP contribution in [0.4, 0.5) is 0 Å². The van der Waals surface area contributed by atoms with E-state index in [4.69, 9.17) is 0 Å². The van der Waals surface area contributed by atoms with Gasteiger partial charge in [0.25, 0.3) is 5.91 Å². The Hall–Kier alpha value is -1.03. The van der Waals surface area contributed by atoms with Crippen molar-refractivity contribution in [2.24, 2.45) is 11.8 Å². The fraction of sp³-hybridized carbons (Fsp3) is 0.500. The van der Waals surface area contributed by atoms with Crippen LogP contribution in [-0.2, 0) is 0 Å². The zero-order valence-electron chi connectivity index (χ0n) is 10.4. The second-order valence-electron chi connectivity index (χ2n) is 5.04. The van der Waals surface area contributed by atoms with Crippen LogP contribution in [0.15, 0.2) is 22.7 Å². The van der Waals surface area contributed by atoms with E-state index in [2.05, 4.69) is 28.2 Å². The predicted molar refractivity (Wildman–Crippen MR) is 74.6 cm³/mol. The highest BCUT2D eigenvalue weighted by Gasteiger charge is 2.24. The molecule has 4 heteroatoms. The Morgan fingerprint density at radius 2 is 2.28 bits per heavy atom. The number of hydrogen-bond acceptors (Lipinski definition) is 2. The number of hydrogen-bond donors (Lipinski definition) is 2. The maximum atomic E-state index is 12.0. The summed E-state index contributed by atoms with van der Waals surface area (Å²) < 4.78 is 0.791. The summed E-state index contributed by atoms with van der Waals surface area (Å²) in [5, 5.41) is 12.6. The van der Waals surface area contributed by atoms with Gasteiger partial charge in [-0.1, -0.05) is 35.7 Å². The number of rotatable bonds is 3. The van der Waals surface area contributed by atoms with Gasteiger partial charge in [-0.2, -0.15) is 0 Å². The van der Waals surface area contributed by atoms with Gasteiger partial charge in [0.2, 0.25) is 0 Å². The molecule has 3 nitrogen and oxygen atoms in total. The van der Waals surface area contributed by atoms with Crippen molar-refractivity contribution in [3.05, 3.63) is 28.2 Å². The van der Waals surface area contributed by atoms with E-state index in [1.54, 1.807) is 12.1 Å². The summed E-state index contributed by atoms with van der Waals surface area (Å²) in [6.07, 6.45) is 3.69. The van der Waals surface area contributed by atoms with Crippen LogP contribution in [0.25, 0.3) is 0 Å². The van der Waals surface area contributed by atoms with Crippen LogP contribution < -0.4 is 5.32 Å². The molecule has 0 bridgehead atoms. The number of benzene rings is 1. The summed E-state index contributed by atoms with van der Waals surface area (Å²) in [6, 6.07) is 4.88. The summed E-state index contributed by atoms with van der Waals surface area (Å²) >= 11 is 3.30. The normalized spacial score (nSPS) is 23.0. The van der Waals surface area contributed by atoms with Gasteiger partial charge < -0.3 is 10.4 Å². The lowest BCUT2D eigenvalue weighted by Crippen LogP contribution is -2.30. The molecular weight excluding hydrogens is 294 g/mol. The van der Waals surface area contributed by atoms with Gasteiger partial charge in [0, 0.05) is 11.0 Å². The Kier molecular flexibility index (Phi) is 4.27. The summed E-state index contributed by atoms with van der Waals surface area (Å²) in [4.78, 5) is 12.0. The molecule has 2 atom stereocenters. The molecule has 0 spiro atoms. The summed E-state index contributed by atoms with van der Waals surface area (Å²) in [6.45, 7) is 2.94. The van der Waals surface area contributed by atoms with Gasteiger partial charge in [0.05, 0.1) is 5.56 Å². The number of phenolic OH excluding ortho intramolecular Hbond substituents is 1. The van der Waals surface area contributed by atoms with Crippen molar-refractivity contribution in [2.45, 2.75) is 26.2 Å². The van der Waals surface area contributed by atoms with E-state index in [0.717, 1.165) is 4.47 Å². The average Bonchev–Trinajstić information content (AvgIpc) is 2.75. The number of halogens is 1. The summed E-state index contributed by atoms with van der Waals surface area (Å²) in [7, 11) is 0. The lowest BCUT2D eigenvalue weighted by molar-refractivity contribution is 0.0942. The van der Waals surface area contributed by atoms with Gasteiger partial charge >= 0.3 is 0 Å². The largest absolute Gasteiger partial charge is 0.507 e. The van der Waals surface area contributed by atoms with Crippen LogP contribution >= 0.6 is 15.9 Å². The molecule has 0 heterocycles. The Labute approximate surface area is 116 Å². The molecule has 1 saturated carbocycles. The first kappa shape index (κ1) is 13.4. The third-order valence-corrected chi connectivity index (χ3v) is 4.26. The number of aromatic hydroxyl groups is 1. The first-order valence-corrected chi connectivity index (χ1v) is 7.14.